The molecule has 0 aromatic heterocycles. The van der Waals surface area contributed by atoms with Crippen molar-refractivity contribution in [3.8, 4) is 11.5 Å². The van der Waals surface area contributed by atoms with E-state index < -0.39 is 11.4 Å². The normalized spacial score (nSPS) is 17.6. The molecule has 2 N–H and O–H groups in total. The Kier molecular flexibility index (Phi) is 2.47. The zero-order valence-electron chi connectivity index (χ0n) is 8.77. The van der Waals surface area contributed by atoms with Crippen LogP contribution in [-0.2, 0) is 14.9 Å². The third kappa shape index (κ3) is 1.40. The first-order valence-corrected chi connectivity index (χ1v) is 4.79. The van der Waals surface area contributed by atoms with Gasteiger partial charge in [-0.25, -0.2) is 0 Å². The largest absolute Gasteiger partial charge is 0.504 e. The number of aliphatic carboxylic acids is 1. The van der Waals surface area contributed by atoms with Gasteiger partial charge in [-0.1, -0.05) is 6.07 Å². The van der Waals surface area contributed by atoms with E-state index in [1.807, 2.05) is 0 Å². The van der Waals surface area contributed by atoms with Gasteiger partial charge in [0.2, 0.25) is 0 Å². The number of benzene rings is 1. The number of phenolic OH excluding ortho intramolecular Hbond substituents is 1. The lowest BCUT2D eigenvalue weighted by Gasteiger charge is -2.37. The molecule has 2 rings (SSSR count). The van der Waals surface area contributed by atoms with E-state index >= 15 is 0 Å². The van der Waals surface area contributed by atoms with Gasteiger partial charge in [-0.15, -0.1) is 0 Å². The number of hydrogen-bond donors (Lipinski definition) is 2. The second-order valence-corrected chi connectivity index (χ2v) is 3.77. The van der Waals surface area contributed by atoms with E-state index in [2.05, 4.69) is 0 Å². The molecule has 16 heavy (non-hydrogen) atoms. The Morgan fingerprint density at radius 2 is 2.19 bits per heavy atom. The number of rotatable bonds is 3. The summed E-state index contributed by atoms with van der Waals surface area (Å²) in [5.74, 6) is -0.663. The molecule has 0 bridgehead atoms. The smallest absolute Gasteiger partial charge is 0.318 e. The van der Waals surface area contributed by atoms with Crippen LogP contribution in [0.5, 0.6) is 11.5 Å². The van der Waals surface area contributed by atoms with Crippen molar-refractivity contribution < 1.29 is 24.5 Å². The van der Waals surface area contributed by atoms with E-state index in [0.717, 1.165) is 0 Å². The van der Waals surface area contributed by atoms with E-state index in [9.17, 15) is 15.0 Å². The average Bonchev–Trinajstić information content (AvgIpc) is 2.18. The highest BCUT2D eigenvalue weighted by Gasteiger charge is 2.48. The highest BCUT2D eigenvalue weighted by Crippen LogP contribution is 2.37. The lowest BCUT2D eigenvalue weighted by molar-refractivity contribution is -0.163. The third-order valence-corrected chi connectivity index (χ3v) is 2.84. The molecule has 0 amide bonds. The van der Waals surface area contributed by atoms with Gasteiger partial charge in [-0.2, -0.15) is 0 Å². The molecule has 0 unspecified atom stereocenters. The van der Waals surface area contributed by atoms with Crippen LogP contribution < -0.4 is 4.74 Å². The summed E-state index contributed by atoms with van der Waals surface area (Å²) in [6.07, 6.45) is 0. The summed E-state index contributed by atoms with van der Waals surface area (Å²) in [6.45, 7) is 0.298. The number of carboxylic acids is 1. The van der Waals surface area contributed by atoms with Crippen molar-refractivity contribution in [3.05, 3.63) is 23.8 Å². The molecule has 5 nitrogen and oxygen atoms in total. The van der Waals surface area contributed by atoms with Gasteiger partial charge < -0.3 is 19.7 Å². The van der Waals surface area contributed by atoms with Gasteiger partial charge in [0.25, 0.3) is 0 Å². The molecule has 86 valence electrons. The van der Waals surface area contributed by atoms with Crippen LogP contribution in [0.4, 0.5) is 0 Å². The maximum absolute atomic E-state index is 11.2. The number of phenols is 1. The summed E-state index contributed by atoms with van der Waals surface area (Å²) >= 11 is 0. The van der Waals surface area contributed by atoms with Crippen LogP contribution in [0.15, 0.2) is 18.2 Å². The maximum atomic E-state index is 11.2. The highest BCUT2D eigenvalue weighted by atomic mass is 16.5. The number of hydrogen-bond acceptors (Lipinski definition) is 4. The predicted octanol–water partition coefficient (Wildman–Crippen LogP) is 0.753. The number of methoxy groups -OCH3 is 1. The average molecular weight is 224 g/mol. The Bertz CT molecular complexity index is 422. The molecule has 0 spiro atoms. The summed E-state index contributed by atoms with van der Waals surface area (Å²) in [4.78, 5) is 11.2. The molecule has 1 heterocycles. The zero-order valence-corrected chi connectivity index (χ0v) is 8.77. The summed E-state index contributed by atoms with van der Waals surface area (Å²) in [5.41, 5.74) is -0.415. The van der Waals surface area contributed by atoms with Crippen LogP contribution in [0.3, 0.4) is 0 Å². The molecule has 1 aromatic rings. The minimum atomic E-state index is -0.999. The van der Waals surface area contributed by atoms with E-state index in [-0.39, 0.29) is 24.7 Å². The molecule has 1 fully saturated rings. The quantitative estimate of drug-likeness (QED) is 0.792. The van der Waals surface area contributed by atoms with Crippen molar-refractivity contribution in [2.75, 3.05) is 20.3 Å². The standard InChI is InChI=1S/C11H12O5/c1-15-9-4-7(2-3-8(9)12)11(10(13)14)5-16-6-11/h2-4,12H,5-6H2,1H3,(H,13,14). The molecular weight excluding hydrogens is 212 g/mol. The lowest BCUT2D eigenvalue weighted by atomic mass is 9.78. The van der Waals surface area contributed by atoms with E-state index in [0.29, 0.717) is 5.56 Å². The molecular formula is C11H12O5. The summed E-state index contributed by atoms with van der Waals surface area (Å²) in [5, 5.41) is 18.6. The summed E-state index contributed by atoms with van der Waals surface area (Å²) in [6, 6.07) is 4.54. The van der Waals surface area contributed by atoms with Crippen molar-refractivity contribution >= 4 is 5.97 Å². The maximum Gasteiger partial charge on any atom is 0.318 e. The highest BCUT2D eigenvalue weighted by molar-refractivity contribution is 5.83. The van der Waals surface area contributed by atoms with E-state index in [1.54, 1.807) is 6.07 Å². The fraction of sp³-hybridized carbons (Fsp3) is 0.364. The number of ether oxygens (including phenoxy) is 2. The van der Waals surface area contributed by atoms with Gasteiger partial charge in [-0.3, -0.25) is 4.79 Å². The number of carbonyl (C=O) groups is 1. The SMILES string of the molecule is COc1cc(C2(C(=O)O)COC2)ccc1O. The van der Waals surface area contributed by atoms with Gasteiger partial charge in [0.1, 0.15) is 5.41 Å². The molecule has 1 aromatic carbocycles. The van der Waals surface area contributed by atoms with Gasteiger partial charge in [0.05, 0.1) is 20.3 Å². The number of carboxylic acid groups (broad SMARTS) is 1. The Hall–Kier alpha value is -1.75. The number of aromatic hydroxyl groups is 1. The van der Waals surface area contributed by atoms with Crippen molar-refractivity contribution in [1.82, 2.24) is 0 Å². The molecule has 0 atom stereocenters. The minimum Gasteiger partial charge on any atom is -0.504 e. The molecule has 1 aliphatic heterocycles. The van der Waals surface area contributed by atoms with Crippen LogP contribution in [0, 0.1) is 0 Å². The van der Waals surface area contributed by atoms with E-state index in [4.69, 9.17) is 9.47 Å². The van der Waals surface area contributed by atoms with Gasteiger partial charge in [0, 0.05) is 0 Å². The molecule has 0 saturated carbocycles. The second kappa shape index (κ2) is 3.68. The monoisotopic (exact) mass is 224 g/mol. The van der Waals surface area contributed by atoms with Crippen molar-refractivity contribution in [1.29, 1.82) is 0 Å². The molecule has 5 heteroatoms. The topological polar surface area (TPSA) is 76.0 Å². The Morgan fingerprint density at radius 3 is 2.62 bits per heavy atom. The third-order valence-electron chi connectivity index (χ3n) is 2.84. The molecule has 1 aliphatic rings. The van der Waals surface area contributed by atoms with Crippen LogP contribution in [0.1, 0.15) is 5.56 Å². The fourth-order valence-corrected chi connectivity index (χ4v) is 1.70. The van der Waals surface area contributed by atoms with Crippen LogP contribution in [-0.4, -0.2) is 36.5 Å². The first kappa shape index (κ1) is 10.8. The van der Waals surface area contributed by atoms with Crippen molar-refractivity contribution in [2.24, 2.45) is 0 Å². The molecule has 0 radical (unpaired) electrons. The Morgan fingerprint density at radius 1 is 1.50 bits per heavy atom. The minimum absolute atomic E-state index is 0.00738. The first-order chi connectivity index (χ1) is 7.60. The fourth-order valence-electron chi connectivity index (χ4n) is 1.70. The van der Waals surface area contributed by atoms with Gasteiger partial charge in [0.15, 0.2) is 11.5 Å². The van der Waals surface area contributed by atoms with Crippen LogP contribution >= 0.6 is 0 Å². The van der Waals surface area contributed by atoms with Gasteiger partial charge >= 0.3 is 5.97 Å². The molecule has 1 saturated heterocycles. The Balaban J connectivity index is 2.43. The van der Waals surface area contributed by atoms with Crippen molar-refractivity contribution in [2.45, 2.75) is 5.41 Å². The summed E-state index contributed by atoms with van der Waals surface area (Å²) in [7, 11) is 1.42. The molecule has 0 aliphatic carbocycles. The predicted molar refractivity (Wildman–Crippen MR) is 54.8 cm³/mol. The van der Waals surface area contributed by atoms with E-state index in [1.165, 1.54) is 19.2 Å². The zero-order chi connectivity index (χ0) is 11.8. The lowest BCUT2D eigenvalue weighted by Crippen LogP contribution is -2.53. The van der Waals surface area contributed by atoms with Gasteiger partial charge in [-0.05, 0) is 17.7 Å². The van der Waals surface area contributed by atoms with Crippen molar-refractivity contribution in [3.63, 3.8) is 0 Å². The van der Waals surface area contributed by atoms with Crippen LogP contribution in [0.2, 0.25) is 0 Å². The second-order valence-electron chi connectivity index (χ2n) is 3.77. The van der Waals surface area contributed by atoms with Crippen LogP contribution in [0.25, 0.3) is 0 Å². The summed E-state index contributed by atoms with van der Waals surface area (Å²) < 4.78 is 9.92. The first-order valence-electron chi connectivity index (χ1n) is 4.79. The Labute approximate surface area is 92.2 Å².